The molecule has 0 unspecified atom stereocenters. The van der Waals surface area contributed by atoms with Crippen molar-refractivity contribution in [2.75, 3.05) is 6.54 Å². The third-order valence-electron chi connectivity index (χ3n) is 2.54. The fraction of sp³-hybridized carbons (Fsp3) is 0.733. The van der Waals surface area contributed by atoms with Gasteiger partial charge in [-0.15, -0.1) is 11.3 Å². The maximum atomic E-state index is 11.6. The molecule has 4 nitrogen and oxygen atoms in total. The lowest BCUT2D eigenvalue weighted by molar-refractivity contribution is -0.122. The van der Waals surface area contributed by atoms with Gasteiger partial charge in [-0.1, -0.05) is 20.8 Å². The lowest BCUT2D eigenvalue weighted by atomic mass is 9.98. The van der Waals surface area contributed by atoms with Gasteiger partial charge >= 0.3 is 0 Å². The van der Waals surface area contributed by atoms with E-state index >= 15 is 0 Å². The molecule has 2 N–H and O–H groups in total. The summed E-state index contributed by atoms with van der Waals surface area (Å²) in [5.74, 6) is 0.0821. The summed E-state index contributed by atoms with van der Waals surface area (Å²) < 4.78 is 0. The van der Waals surface area contributed by atoms with E-state index in [0.29, 0.717) is 13.0 Å². The SMILES string of the molecule is CC(C)(C)NC(=O)CCNCc1csc(C(C)(C)C)n1. The molecule has 114 valence electrons. The van der Waals surface area contributed by atoms with Crippen LogP contribution in [0.3, 0.4) is 0 Å². The molecule has 0 spiro atoms. The average molecular weight is 297 g/mol. The van der Waals surface area contributed by atoms with Gasteiger partial charge in [0.1, 0.15) is 0 Å². The minimum absolute atomic E-state index is 0.0821. The first kappa shape index (κ1) is 17.1. The number of rotatable bonds is 5. The second-order valence-electron chi connectivity index (χ2n) is 7.12. The van der Waals surface area contributed by atoms with Crippen LogP contribution in [0, 0.1) is 0 Å². The molecule has 1 amide bonds. The summed E-state index contributed by atoms with van der Waals surface area (Å²) in [5.41, 5.74) is 1.000. The molecular weight excluding hydrogens is 270 g/mol. The number of carbonyl (C=O) groups is 1. The second-order valence-corrected chi connectivity index (χ2v) is 7.98. The number of amides is 1. The minimum Gasteiger partial charge on any atom is -0.351 e. The predicted molar refractivity (Wildman–Crippen MR) is 85.0 cm³/mol. The Kier molecular flexibility index (Phi) is 5.71. The van der Waals surface area contributed by atoms with Gasteiger partial charge in [0.05, 0.1) is 10.7 Å². The van der Waals surface area contributed by atoms with E-state index in [2.05, 4.69) is 41.8 Å². The molecule has 1 heterocycles. The average Bonchev–Trinajstić information content (AvgIpc) is 2.70. The Labute approximate surface area is 126 Å². The van der Waals surface area contributed by atoms with Crippen LogP contribution in [0.15, 0.2) is 5.38 Å². The molecule has 1 aromatic rings. The molecule has 0 aromatic carbocycles. The molecule has 0 aliphatic rings. The number of hydrogen-bond acceptors (Lipinski definition) is 4. The zero-order valence-corrected chi connectivity index (χ0v) is 14.3. The van der Waals surface area contributed by atoms with Gasteiger partial charge in [-0.2, -0.15) is 0 Å². The van der Waals surface area contributed by atoms with Crippen molar-refractivity contribution in [2.24, 2.45) is 0 Å². The number of nitrogens with one attached hydrogen (secondary N) is 2. The molecule has 0 aliphatic carbocycles. The summed E-state index contributed by atoms with van der Waals surface area (Å²) >= 11 is 1.70. The Bertz CT molecular complexity index is 441. The molecule has 0 aliphatic heterocycles. The van der Waals surface area contributed by atoms with Crippen LogP contribution in [-0.2, 0) is 16.8 Å². The Morgan fingerprint density at radius 1 is 1.25 bits per heavy atom. The van der Waals surface area contributed by atoms with Crippen LogP contribution in [0.25, 0.3) is 0 Å². The highest BCUT2D eigenvalue weighted by Gasteiger charge is 2.17. The maximum Gasteiger partial charge on any atom is 0.221 e. The predicted octanol–water partition coefficient (Wildman–Crippen LogP) is 2.84. The van der Waals surface area contributed by atoms with Crippen molar-refractivity contribution >= 4 is 17.2 Å². The molecule has 1 aromatic heterocycles. The maximum absolute atomic E-state index is 11.6. The van der Waals surface area contributed by atoms with Gasteiger partial charge in [-0.3, -0.25) is 4.79 Å². The number of nitrogens with zero attached hydrogens (tertiary/aromatic N) is 1. The van der Waals surface area contributed by atoms with Gasteiger partial charge < -0.3 is 10.6 Å². The quantitative estimate of drug-likeness (QED) is 0.822. The second kappa shape index (κ2) is 6.68. The summed E-state index contributed by atoms with van der Waals surface area (Å²) in [6.45, 7) is 13.9. The molecule has 5 heteroatoms. The van der Waals surface area contributed by atoms with Gasteiger partial charge in [-0.25, -0.2) is 4.98 Å². The van der Waals surface area contributed by atoms with Crippen LogP contribution in [0.2, 0.25) is 0 Å². The largest absolute Gasteiger partial charge is 0.351 e. The van der Waals surface area contributed by atoms with Crippen molar-refractivity contribution in [3.8, 4) is 0 Å². The van der Waals surface area contributed by atoms with E-state index in [4.69, 9.17) is 0 Å². The van der Waals surface area contributed by atoms with Crippen molar-refractivity contribution in [2.45, 2.75) is 65.5 Å². The Morgan fingerprint density at radius 3 is 2.40 bits per heavy atom. The monoisotopic (exact) mass is 297 g/mol. The van der Waals surface area contributed by atoms with Gasteiger partial charge in [0.2, 0.25) is 5.91 Å². The van der Waals surface area contributed by atoms with E-state index in [-0.39, 0.29) is 16.9 Å². The molecular formula is C15H27N3OS. The van der Waals surface area contributed by atoms with Gasteiger partial charge in [0.25, 0.3) is 0 Å². The van der Waals surface area contributed by atoms with E-state index in [9.17, 15) is 4.79 Å². The highest BCUT2D eigenvalue weighted by Crippen LogP contribution is 2.25. The Hall–Kier alpha value is -0.940. The normalized spacial score (nSPS) is 12.5. The van der Waals surface area contributed by atoms with Crippen molar-refractivity contribution < 1.29 is 4.79 Å². The number of carbonyl (C=O) groups excluding carboxylic acids is 1. The van der Waals surface area contributed by atoms with E-state index in [0.717, 1.165) is 17.2 Å². The number of aromatic nitrogens is 1. The number of hydrogen-bond donors (Lipinski definition) is 2. The zero-order valence-electron chi connectivity index (χ0n) is 13.5. The van der Waals surface area contributed by atoms with E-state index in [1.165, 1.54) is 0 Å². The first-order valence-electron chi connectivity index (χ1n) is 7.04. The van der Waals surface area contributed by atoms with Gasteiger partial charge in [-0.05, 0) is 20.8 Å². The summed E-state index contributed by atoms with van der Waals surface area (Å²) in [4.78, 5) is 16.3. The van der Waals surface area contributed by atoms with Crippen molar-refractivity contribution in [3.05, 3.63) is 16.1 Å². The first-order valence-corrected chi connectivity index (χ1v) is 7.92. The van der Waals surface area contributed by atoms with E-state index in [1.54, 1.807) is 11.3 Å². The fourth-order valence-electron chi connectivity index (χ4n) is 1.63. The van der Waals surface area contributed by atoms with Crippen LogP contribution >= 0.6 is 11.3 Å². The number of thiazole rings is 1. The molecule has 0 fully saturated rings. The highest BCUT2D eigenvalue weighted by atomic mass is 32.1. The van der Waals surface area contributed by atoms with Crippen molar-refractivity contribution in [3.63, 3.8) is 0 Å². The van der Waals surface area contributed by atoms with Gasteiger partial charge in [0.15, 0.2) is 0 Å². The lowest BCUT2D eigenvalue weighted by Gasteiger charge is -2.20. The summed E-state index contributed by atoms with van der Waals surface area (Å²) in [5, 5.41) is 9.45. The third kappa shape index (κ3) is 6.48. The Balaban J connectivity index is 2.28. The zero-order chi connectivity index (χ0) is 15.4. The highest BCUT2D eigenvalue weighted by molar-refractivity contribution is 7.09. The molecule has 0 atom stereocenters. The van der Waals surface area contributed by atoms with E-state index in [1.807, 2.05) is 20.8 Å². The van der Waals surface area contributed by atoms with Crippen LogP contribution in [0.1, 0.15) is 58.7 Å². The summed E-state index contributed by atoms with van der Waals surface area (Å²) in [6.07, 6.45) is 0.494. The van der Waals surface area contributed by atoms with Crippen molar-refractivity contribution in [1.29, 1.82) is 0 Å². The standard InChI is InChI=1S/C15H27N3OS/c1-14(2,3)13-17-11(10-20-13)9-16-8-7-12(19)18-15(4,5)6/h10,16H,7-9H2,1-6H3,(H,18,19). The first-order chi connectivity index (χ1) is 9.08. The lowest BCUT2D eigenvalue weighted by Crippen LogP contribution is -2.41. The smallest absolute Gasteiger partial charge is 0.221 e. The van der Waals surface area contributed by atoms with Gasteiger partial charge in [0, 0.05) is 35.8 Å². The molecule has 20 heavy (non-hydrogen) atoms. The molecule has 0 saturated heterocycles. The molecule has 1 rings (SSSR count). The van der Waals surface area contributed by atoms with Crippen LogP contribution in [0.4, 0.5) is 0 Å². The topological polar surface area (TPSA) is 54.0 Å². The van der Waals surface area contributed by atoms with Crippen LogP contribution in [0.5, 0.6) is 0 Å². The molecule has 0 radical (unpaired) electrons. The van der Waals surface area contributed by atoms with Crippen molar-refractivity contribution in [1.82, 2.24) is 15.6 Å². The molecule has 0 bridgehead atoms. The summed E-state index contributed by atoms with van der Waals surface area (Å²) in [7, 11) is 0. The molecule has 0 saturated carbocycles. The van der Waals surface area contributed by atoms with E-state index < -0.39 is 0 Å². The third-order valence-corrected chi connectivity index (χ3v) is 3.86. The van der Waals surface area contributed by atoms with Crippen LogP contribution < -0.4 is 10.6 Å². The Morgan fingerprint density at radius 2 is 1.90 bits per heavy atom. The summed E-state index contributed by atoms with van der Waals surface area (Å²) in [6, 6.07) is 0. The minimum atomic E-state index is -0.159. The van der Waals surface area contributed by atoms with Crippen LogP contribution in [-0.4, -0.2) is 23.0 Å². The fourth-order valence-corrected chi connectivity index (χ4v) is 2.54.